The minimum Gasteiger partial charge on any atom is -0.412 e. The number of hydrogen-bond acceptors (Lipinski definition) is 8. The van der Waals surface area contributed by atoms with E-state index in [4.69, 9.17) is 0 Å². The first-order chi connectivity index (χ1) is 19.9. The van der Waals surface area contributed by atoms with E-state index >= 15 is 0 Å². The van der Waals surface area contributed by atoms with Crippen molar-refractivity contribution >= 4 is 136 Å². The Balaban J connectivity index is -0.000000126. The maximum absolute atomic E-state index is 3.65. The van der Waals surface area contributed by atoms with E-state index in [9.17, 15) is 0 Å². The fourth-order valence-electron chi connectivity index (χ4n) is 5.70. The molecule has 1 aromatic rings. The molecular weight excluding hydrogens is 1230 g/mol. The molecule has 0 radical (unpaired) electrons. The number of nitrogens with zero attached hydrogens (tertiary/aromatic N) is 2. The van der Waals surface area contributed by atoms with Crippen LogP contribution in [0.2, 0.25) is 0 Å². The first-order valence-electron chi connectivity index (χ1n) is 16.7. The van der Waals surface area contributed by atoms with Gasteiger partial charge in [-0.3, -0.25) is 9.80 Å². The van der Waals surface area contributed by atoms with Crippen LogP contribution in [-0.4, -0.2) is 147 Å². The van der Waals surface area contributed by atoms with Crippen molar-refractivity contribution in [2.75, 3.05) is 105 Å². The third-order valence-corrected chi connectivity index (χ3v) is 7.94. The summed E-state index contributed by atoms with van der Waals surface area (Å²) in [4.78, 5) is 5.35. The van der Waals surface area contributed by atoms with Crippen molar-refractivity contribution in [2.24, 2.45) is 0 Å². The second-order valence-electron chi connectivity index (χ2n) is 11.7. The molecule has 3 rings (SSSR count). The third-order valence-electron chi connectivity index (χ3n) is 7.94. The highest BCUT2D eigenvalue weighted by Gasteiger charge is 2.10. The van der Waals surface area contributed by atoms with Gasteiger partial charge in [-0.2, -0.15) is 0 Å². The van der Waals surface area contributed by atoms with Gasteiger partial charge in [0, 0.05) is 13.1 Å². The highest BCUT2D eigenvalue weighted by Crippen LogP contribution is 2.12. The summed E-state index contributed by atoms with van der Waals surface area (Å²) in [7, 11) is 0. The van der Waals surface area contributed by atoms with Gasteiger partial charge < -0.3 is 64.8 Å². The molecule has 0 unspecified atom stereocenters. The van der Waals surface area contributed by atoms with Gasteiger partial charge >= 0.3 is 0 Å². The van der Waals surface area contributed by atoms with Gasteiger partial charge in [-0.05, 0) is 167 Å². The van der Waals surface area contributed by atoms with Crippen molar-refractivity contribution in [3.63, 3.8) is 0 Å². The topological polar surface area (TPSA) is 268 Å². The van der Waals surface area contributed by atoms with Crippen molar-refractivity contribution in [1.29, 1.82) is 0 Å². The lowest BCUT2D eigenvalue weighted by Crippen LogP contribution is -2.32. The number of nitrogens with one attached hydrogen (secondary N) is 6. The molecule has 0 amide bonds. The molecule has 1 aromatic carbocycles. The molecule has 2 fully saturated rings. The van der Waals surface area contributed by atoms with Crippen LogP contribution < -0.4 is 31.9 Å². The molecular formula is C32H82Br8N8O6. The largest absolute Gasteiger partial charge is 0.412 e. The SMILES string of the molecule is Br.Br.Br.Br.Br.Br.Br.Br.O.O.O.O.O.O.c1cc(CN2CCCNCCCNCCCNCCC2)cc(CN2CCCNCCCNCCCNCCC2)c1. The first-order valence-corrected chi connectivity index (χ1v) is 16.7. The van der Waals surface area contributed by atoms with E-state index < -0.39 is 0 Å². The Morgan fingerprint density at radius 3 is 0.759 bits per heavy atom. The number of benzene rings is 1. The average Bonchev–Trinajstić information content (AvgIpc) is 2.95. The van der Waals surface area contributed by atoms with E-state index in [-0.39, 0.29) is 169 Å². The Morgan fingerprint density at radius 2 is 0.537 bits per heavy atom. The van der Waals surface area contributed by atoms with Crippen molar-refractivity contribution < 1.29 is 32.9 Å². The summed E-state index contributed by atoms with van der Waals surface area (Å²) in [5.74, 6) is 0. The first kappa shape index (κ1) is 87.9. The lowest BCUT2D eigenvalue weighted by molar-refractivity contribution is 0.252. The highest BCUT2D eigenvalue weighted by molar-refractivity contribution is 8.93. The summed E-state index contributed by atoms with van der Waals surface area (Å²) in [6, 6.07) is 9.43. The van der Waals surface area contributed by atoms with Crippen LogP contribution in [0, 0.1) is 0 Å². The van der Waals surface area contributed by atoms with Gasteiger partial charge in [0.15, 0.2) is 0 Å². The molecule has 0 bridgehead atoms. The van der Waals surface area contributed by atoms with E-state index in [2.05, 4.69) is 66.0 Å². The Labute approximate surface area is 411 Å². The molecule has 0 saturated carbocycles. The maximum Gasteiger partial charge on any atom is 0.0233 e. The second-order valence-corrected chi connectivity index (χ2v) is 11.7. The van der Waals surface area contributed by atoms with Crippen LogP contribution in [0.25, 0.3) is 0 Å². The van der Waals surface area contributed by atoms with Gasteiger partial charge in [0.1, 0.15) is 0 Å². The van der Waals surface area contributed by atoms with Crippen LogP contribution in [0.4, 0.5) is 0 Å². The van der Waals surface area contributed by atoms with Crippen molar-refractivity contribution in [3.05, 3.63) is 35.4 Å². The standard InChI is InChI=1S/C32H62N8.8BrH.6H2O/c1-10-31(29-39-24-6-20-35-16-2-12-33-13-3-17-36-21-7-25-39)28-32(11-1)30-40-26-8-22-37-18-4-14-34-15-5-19-38-23-9-27-40;;;;;;;;;;;;;;/h1,10-11,28,33-38H,2-9,12-27,29-30H2;8*1H;6*1H2. The molecule has 2 saturated heterocycles. The normalized spacial score (nSPS) is 17.0. The summed E-state index contributed by atoms with van der Waals surface area (Å²) in [5.41, 5.74) is 2.93. The van der Waals surface area contributed by atoms with E-state index in [1.165, 1.54) is 62.5 Å². The molecule has 14 nitrogen and oxygen atoms in total. The van der Waals surface area contributed by atoms with Crippen LogP contribution in [-0.2, 0) is 13.1 Å². The molecule has 54 heavy (non-hydrogen) atoms. The van der Waals surface area contributed by atoms with Crippen molar-refractivity contribution in [2.45, 2.75) is 64.5 Å². The summed E-state index contributed by atoms with van der Waals surface area (Å²) in [5, 5.41) is 21.7. The average molecular weight is 1310 g/mol. The molecule has 2 aliphatic heterocycles. The molecule has 22 heteroatoms. The number of halogens is 8. The molecule has 18 N–H and O–H groups in total. The zero-order chi connectivity index (χ0) is 27.8. The monoisotopic (exact) mass is 1310 g/mol. The van der Waals surface area contributed by atoms with E-state index in [1.807, 2.05) is 0 Å². The summed E-state index contributed by atoms with van der Waals surface area (Å²) >= 11 is 0. The van der Waals surface area contributed by atoms with Gasteiger partial charge in [-0.1, -0.05) is 24.3 Å². The zero-order valence-corrected chi connectivity index (χ0v) is 45.6. The van der Waals surface area contributed by atoms with Crippen LogP contribution in [0.3, 0.4) is 0 Å². The zero-order valence-electron chi connectivity index (χ0n) is 31.9. The lowest BCUT2D eigenvalue weighted by Gasteiger charge is -2.25. The van der Waals surface area contributed by atoms with Crippen LogP contribution in [0.15, 0.2) is 24.3 Å². The van der Waals surface area contributed by atoms with Gasteiger partial charge in [0.2, 0.25) is 0 Å². The minimum absolute atomic E-state index is 0. The predicted molar refractivity (Wildman–Crippen MR) is 275 cm³/mol. The fourth-order valence-corrected chi connectivity index (χ4v) is 5.70. The quantitative estimate of drug-likeness (QED) is 0.258. The van der Waals surface area contributed by atoms with E-state index in [1.54, 1.807) is 0 Å². The molecule has 0 aliphatic carbocycles. The molecule has 2 aliphatic rings. The Hall–Kier alpha value is 2.50. The molecule has 0 atom stereocenters. The Bertz CT molecular complexity index is 689. The molecule has 0 aromatic heterocycles. The summed E-state index contributed by atoms with van der Waals surface area (Å²) in [6.45, 7) is 20.2. The van der Waals surface area contributed by atoms with Gasteiger partial charge in [-0.15, -0.1) is 136 Å². The lowest BCUT2D eigenvalue weighted by atomic mass is 10.1. The fraction of sp³-hybridized carbons (Fsp3) is 0.812. The Morgan fingerprint density at radius 1 is 0.333 bits per heavy atom. The van der Waals surface area contributed by atoms with Gasteiger partial charge in [0.25, 0.3) is 0 Å². The van der Waals surface area contributed by atoms with Crippen molar-refractivity contribution in [1.82, 2.24) is 41.7 Å². The number of hydrogen-bond donors (Lipinski definition) is 6. The second kappa shape index (κ2) is 64.6. The number of rotatable bonds is 4. The van der Waals surface area contributed by atoms with Gasteiger partial charge in [-0.25, -0.2) is 0 Å². The smallest absolute Gasteiger partial charge is 0.0233 e. The van der Waals surface area contributed by atoms with Crippen LogP contribution in [0.1, 0.15) is 62.5 Å². The summed E-state index contributed by atoms with van der Waals surface area (Å²) < 4.78 is 0. The predicted octanol–water partition coefficient (Wildman–Crippen LogP) is 1.65. The Kier molecular flexibility index (Phi) is 105. The summed E-state index contributed by atoms with van der Waals surface area (Å²) in [6.07, 6.45) is 9.72. The molecule has 342 valence electrons. The van der Waals surface area contributed by atoms with E-state index in [0.29, 0.717) is 0 Å². The van der Waals surface area contributed by atoms with Crippen LogP contribution >= 0.6 is 136 Å². The van der Waals surface area contributed by atoms with E-state index in [0.717, 1.165) is 118 Å². The molecule has 0 spiro atoms. The highest BCUT2D eigenvalue weighted by atomic mass is 79.9. The van der Waals surface area contributed by atoms with Crippen LogP contribution in [0.5, 0.6) is 0 Å². The van der Waals surface area contributed by atoms with Gasteiger partial charge in [0.05, 0.1) is 0 Å². The maximum atomic E-state index is 3.65. The minimum atomic E-state index is 0. The molecule has 2 heterocycles. The third kappa shape index (κ3) is 48.9. The van der Waals surface area contributed by atoms with Crippen molar-refractivity contribution in [3.8, 4) is 0 Å².